The number of hydrogen-bond acceptors (Lipinski definition) is 5. The molecule has 5 rings (SSSR count). The van der Waals surface area contributed by atoms with Crippen molar-refractivity contribution in [1.82, 2.24) is 9.55 Å². The Morgan fingerprint density at radius 3 is 2.50 bits per heavy atom. The first kappa shape index (κ1) is 31.6. The lowest BCUT2D eigenvalue weighted by atomic mass is 9.86. The highest BCUT2D eigenvalue weighted by atomic mass is 16.7. The van der Waals surface area contributed by atoms with E-state index in [1.165, 1.54) is 61.7 Å². The van der Waals surface area contributed by atoms with E-state index in [0.717, 1.165) is 60.7 Å². The maximum atomic E-state index is 12.4. The summed E-state index contributed by atoms with van der Waals surface area (Å²) < 4.78 is 13.3. The second kappa shape index (κ2) is 14.8. The second-order valence-electron chi connectivity index (χ2n) is 13.3. The molecule has 234 valence electrons. The number of unbranched alkanes of at least 4 members (excludes halogenated alkanes) is 1. The van der Waals surface area contributed by atoms with Gasteiger partial charge in [-0.2, -0.15) is 0 Å². The molecule has 0 aliphatic heterocycles. The summed E-state index contributed by atoms with van der Waals surface area (Å²) in [5, 5.41) is 3.69. The minimum absolute atomic E-state index is 0.482. The number of aromatic nitrogens is 2. The molecule has 1 fully saturated rings. The molecule has 0 atom stereocenters. The van der Waals surface area contributed by atoms with E-state index in [1.807, 2.05) is 39.0 Å². The summed E-state index contributed by atoms with van der Waals surface area (Å²) in [4.78, 5) is 17.4. The lowest BCUT2D eigenvalue weighted by molar-refractivity contribution is 0.0207. The fourth-order valence-electron chi connectivity index (χ4n) is 6.21. The van der Waals surface area contributed by atoms with Crippen molar-refractivity contribution in [3.8, 4) is 16.9 Å². The van der Waals surface area contributed by atoms with Gasteiger partial charge < -0.3 is 19.4 Å². The number of carbonyl (C=O) groups excluding carboxylic acids is 1. The Balaban J connectivity index is 1.31. The van der Waals surface area contributed by atoms with Crippen LogP contribution in [0, 0.1) is 5.92 Å². The van der Waals surface area contributed by atoms with Crippen LogP contribution in [0.4, 0.5) is 10.5 Å². The molecule has 6 heteroatoms. The highest BCUT2D eigenvalue weighted by Crippen LogP contribution is 2.32. The van der Waals surface area contributed by atoms with Crippen molar-refractivity contribution in [3.05, 3.63) is 78.1 Å². The number of benzene rings is 3. The molecule has 0 radical (unpaired) electrons. The number of anilines is 1. The first-order valence-corrected chi connectivity index (χ1v) is 16.6. The van der Waals surface area contributed by atoms with E-state index in [2.05, 4.69) is 59.3 Å². The summed E-state index contributed by atoms with van der Waals surface area (Å²) in [5.74, 6) is 2.54. The van der Waals surface area contributed by atoms with Gasteiger partial charge in [-0.05, 0) is 81.3 Å². The molecule has 4 aromatic rings. The van der Waals surface area contributed by atoms with Crippen molar-refractivity contribution in [2.75, 3.05) is 11.9 Å². The summed E-state index contributed by atoms with van der Waals surface area (Å²) in [7, 11) is 0. The normalized spacial score (nSPS) is 14.1. The van der Waals surface area contributed by atoms with E-state index in [-0.39, 0.29) is 0 Å². The average Bonchev–Trinajstić information content (AvgIpc) is 3.34. The first-order chi connectivity index (χ1) is 21.3. The van der Waals surface area contributed by atoms with Crippen LogP contribution < -0.4 is 10.1 Å². The summed E-state index contributed by atoms with van der Waals surface area (Å²) >= 11 is 0. The van der Waals surface area contributed by atoms with E-state index in [9.17, 15) is 4.79 Å². The van der Waals surface area contributed by atoms with Crippen LogP contribution in [0.25, 0.3) is 22.2 Å². The molecule has 1 N–H and O–H groups in total. The van der Waals surface area contributed by atoms with Crippen molar-refractivity contribution in [2.45, 2.75) is 104 Å². The molecule has 1 aliphatic rings. The Kier molecular flexibility index (Phi) is 10.6. The third-order valence-electron chi connectivity index (χ3n) is 8.50. The zero-order chi connectivity index (χ0) is 30.9. The molecule has 0 bridgehead atoms. The molecule has 0 saturated heterocycles. The topological polar surface area (TPSA) is 65.4 Å². The first-order valence-electron chi connectivity index (χ1n) is 16.6. The highest BCUT2D eigenvalue weighted by molar-refractivity contribution is 5.80. The van der Waals surface area contributed by atoms with E-state index < -0.39 is 11.8 Å². The van der Waals surface area contributed by atoms with Crippen LogP contribution in [-0.2, 0) is 17.7 Å². The van der Waals surface area contributed by atoms with Gasteiger partial charge in [-0.1, -0.05) is 87.9 Å². The van der Waals surface area contributed by atoms with Gasteiger partial charge >= 0.3 is 6.16 Å². The van der Waals surface area contributed by atoms with Crippen LogP contribution >= 0.6 is 0 Å². The van der Waals surface area contributed by atoms with Crippen molar-refractivity contribution in [2.24, 2.45) is 5.92 Å². The molecule has 6 nitrogen and oxygen atoms in total. The number of aryl methyl sites for hydroxylation is 1. The van der Waals surface area contributed by atoms with Crippen LogP contribution in [-0.4, -0.2) is 27.9 Å². The zero-order valence-electron chi connectivity index (χ0n) is 27.0. The molecular weight excluding hydrogens is 546 g/mol. The predicted octanol–water partition coefficient (Wildman–Crippen LogP) is 10.2. The Bertz CT molecular complexity index is 1510. The van der Waals surface area contributed by atoms with Crippen LogP contribution in [0.1, 0.15) is 96.9 Å². The molecule has 0 spiro atoms. The number of ether oxygens (including phenoxy) is 2. The number of nitrogens with one attached hydrogen (secondary N) is 1. The maximum Gasteiger partial charge on any atom is 0.514 e. The van der Waals surface area contributed by atoms with Crippen LogP contribution in [0.5, 0.6) is 5.75 Å². The SMILES string of the molecule is CCCCc1nc2ccc(NCCCC3CCCCC3)cc2n1Cc1ccc(-c2ccccc2OC(=O)OC(C)(C)C)cc1. The zero-order valence-corrected chi connectivity index (χ0v) is 27.0. The van der Waals surface area contributed by atoms with E-state index in [4.69, 9.17) is 14.5 Å². The van der Waals surface area contributed by atoms with Crippen molar-refractivity contribution in [3.63, 3.8) is 0 Å². The third-order valence-corrected chi connectivity index (χ3v) is 8.50. The summed E-state index contributed by atoms with van der Waals surface area (Å²) in [6.07, 6.45) is 12.1. The summed E-state index contributed by atoms with van der Waals surface area (Å²) in [6.45, 7) is 9.46. The van der Waals surface area contributed by atoms with E-state index in [0.29, 0.717) is 5.75 Å². The Morgan fingerprint density at radius 1 is 0.977 bits per heavy atom. The van der Waals surface area contributed by atoms with Gasteiger partial charge in [0.15, 0.2) is 0 Å². The minimum Gasteiger partial charge on any atom is -0.428 e. The van der Waals surface area contributed by atoms with Gasteiger partial charge in [0.1, 0.15) is 17.2 Å². The van der Waals surface area contributed by atoms with E-state index in [1.54, 1.807) is 6.07 Å². The molecule has 1 aromatic heterocycles. The molecular formula is C38H49N3O3. The van der Waals surface area contributed by atoms with Gasteiger partial charge in [0, 0.05) is 30.8 Å². The Hall–Kier alpha value is -3.80. The number of rotatable bonds is 12. The quantitative estimate of drug-likeness (QED) is 0.100. The van der Waals surface area contributed by atoms with Crippen LogP contribution in [0.2, 0.25) is 0 Å². The van der Waals surface area contributed by atoms with Crippen molar-refractivity contribution >= 4 is 22.9 Å². The summed E-state index contributed by atoms with van der Waals surface area (Å²) in [6, 6.07) is 22.7. The van der Waals surface area contributed by atoms with Gasteiger partial charge in [-0.25, -0.2) is 9.78 Å². The van der Waals surface area contributed by atoms with Crippen molar-refractivity contribution in [1.29, 1.82) is 0 Å². The number of para-hydroxylation sites is 1. The van der Waals surface area contributed by atoms with Gasteiger partial charge in [0.2, 0.25) is 0 Å². The largest absolute Gasteiger partial charge is 0.514 e. The number of carbonyl (C=O) groups is 1. The van der Waals surface area contributed by atoms with Crippen LogP contribution in [0.3, 0.4) is 0 Å². The van der Waals surface area contributed by atoms with Crippen LogP contribution in [0.15, 0.2) is 66.7 Å². The van der Waals surface area contributed by atoms with Gasteiger partial charge in [0.05, 0.1) is 11.0 Å². The minimum atomic E-state index is -0.703. The Morgan fingerprint density at radius 2 is 1.75 bits per heavy atom. The fraction of sp³-hybridized carbons (Fsp3) is 0.474. The molecule has 3 aromatic carbocycles. The molecule has 0 amide bonds. The molecule has 1 aliphatic carbocycles. The predicted molar refractivity (Wildman–Crippen MR) is 180 cm³/mol. The number of imidazole rings is 1. The molecule has 0 unspecified atom stereocenters. The number of fused-ring (bicyclic) bond motifs is 1. The van der Waals surface area contributed by atoms with Gasteiger partial charge in [-0.3, -0.25) is 0 Å². The van der Waals surface area contributed by atoms with E-state index >= 15 is 0 Å². The standard InChI is InChI=1S/C38H49N3O3/c1-5-6-18-36-40-33-24-23-31(39-25-12-15-28-13-8-7-9-14-28)26-34(33)41(36)27-29-19-21-30(22-20-29)32-16-10-11-17-35(32)43-37(42)44-38(2,3)4/h10-11,16-17,19-24,26,28,39H,5-9,12-15,18,25,27H2,1-4H3. The smallest absolute Gasteiger partial charge is 0.428 e. The second-order valence-corrected chi connectivity index (χ2v) is 13.3. The van der Waals surface area contributed by atoms with Gasteiger partial charge in [-0.15, -0.1) is 0 Å². The highest BCUT2D eigenvalue weighted by Gasteiger charge is 2.20. The average molecular weight is 596 g/mol. The monoisotopic (exact) mass is 595 g/mol. The third kappa shape index (κ3) is 8.64. The number of hydrogen-bond donors (Lipinski definition) is 1. The molecule has 1 saturated carbocycles. The lowest BCUT2D eigenvalue weighted by Gasteiger charge is -2.21. The number of nitrogens with zero attached hydrogens (tertiary/aromatic N) is 2. The fourth-order valence-corrected chi connectivity index (χ4v) is 6.21. The Labute approximate surface area is 263 Å². The lowest BCUT2D eigenvalue weighted by Crippen LogP contribution is -2.26. The van der Waals surface area contributed by atoms with Gasteiger partial charge in [0.25, 0.3) is 0 Å². The molecule has 44 heavy (non-hydrogen) atoms. The molecule has 1 heterocycles. The maximum absolute atomic E-state index is 12.4. The van der Waals surface area contributed by atoms with Crippen molar-refractivity contribution < 1.29 is 14.3 Å². The summed E-state index contributed by atoms with van der Waals surface area (Å²) in [5.41, 5.74) is 5.80.